The third kappa shape index (κ3) is 1.61. The number of benzene rings is 1. The fraction of sp³-hybridized carbons (Fsp3) is 0.333. The van der Waals surface area contributed by atoms with Gasteiger partial charge in [-0.25, -0.2) is 0 Å². The number of halogens is 1. The van der Waals surface area contributed by atoms with Gasteiger partial charge < -0.3 is 0 Å². The van der Waals surface area contributed by atoms with Crippen LogP contribution in [0.1, 0.15) is 30.1 Å². The van der Waals surface area contributed by atoms with Crippen LogP contribution in [0.25, 0.3) is 5.69 Å². The fourth-order valence-corrected chi connectivity index (χ4v) is 2.04. The van der Waals surface area contributed by atoms with Crippen LogP contribution in [0.3, 0.4) is 0 Å². The molecule has 0 unspecified atom stereocenters. The van der Waals surface area contributed by atoms with E-state index >= 15 is 0 Å². The van der Waals surface area contributed by atoms with E-state index in [0.29, 0.717) is 11.2 Å². The van der Waals surface area contributed by atoms with Gasteiger partial charge in [-0.3, -0.25) is 4.57 Å². The summed E-state index contributed by atoms with van der Waals surface area (Å²) in [6, 6.07) is 8.25. The monoisotopic (exact) mass is 233 g/mol. The Morgan fingerprint density at radius 1 is 1.19 bits per heavy atom. The van der Waals surface area contributed by atoms with Crippen LogP contribution in [0.5, 0.6) is 0 Å². The van der Waals surface area contributed by atoms with Crippen LogP contribution in [0.2, 0.25) is 5.28 Å². The summed E-state index contributed by atoms with van der Waals surface area (Å²) < 4.78 is 1.94. The molecule has 3 rings (SSSR count). The number of rotatable bonds is 2. The van der Waals surface area contributed by atoms with Gasteiger partial charge in [-0.1, -0.05) is 17.7 Å². The maximum absolute atomic E-state index is 6.08. The van der Waals surface area contributed by atoms with Crippen LogP contribution < -0.4 is 0 Å². The molecule has 0 spiro atoms. The van der Waals surface area contributed by atoms with Crippen molar-refractivity contribution in [1.82, 2.24) is 14.8 Å². The summed E-state index contributed by atoms with van der Waals surface area (Å²) in [4.78, 5) is 0. The first-order valence-corrected chi connectivity index (χ1v) is 5.81. The van der Waals surface area contributed by atoms with Gasteiger partial charge in [-0.15, -0.1) is 10.2 Å². The van der Waals surface area contributed by atoms with Crippen molar-refractivity contribution in [3.63, 3.8) is 0 Å². The molecule has 1 heterocycles. The Balaban J connectivity index is 2.10. The minimum Gasteiger partial charge on any atom is -0.270 e. The van der Waals surface area contributed by atoms with E-state index in [4.69, 9.17) is 11.6 Å². The van der Waals surface area contributed by atoms with Gasteiger partial charge in [0.2, 0.25) is 5.28 Å². The predicted octanol–water partition coefficient (Wildman–Crippen LogP) is 3.11. The quantitative estimate of drug-likeness (QED) is 0.798. The highest BCUT2D eigenvalue weighted by atomic mass is 35.5. The van der Waals surface area contributed by atoms with E-state index in [2.05, 4.69) is 41.4 Å². The van der Waals surface area contributed by atoms with Crippen molar-refractivity contribution in [3.05, 3.63) is 40.9 Å². The normalized spacial score (nSPS) is 15.4. The van der Waals surface area contributed by atoms with Gasteiger partial charge in [0, 0.05) is 11.6 Å². The Labute approximate surface area is 99.1 Å². The largest absolute Gasteiger partial charge is 0.270 e. The number of hydrogen-bond acceptors (Lipinski definition) is 2. The number of aryl methyl sites for hydroxylation is 1. The van der Waals surface area contributed by atoms with Crippen molar-refractivity contribution in [1.29, 1.82) is 0 Å². The van der Waals surface area contributed by atoms with E-state index in [-0.39, 0.29) is 0 Å². The molecular formula is C12H12ClN3. The predicted molar refractivity (Wildman–Crippen MR) is 63.1 cm³/mol. The molecule has 1 aliphatic carbocycles. The molecule has 0 saturated heterocycles. The summed E-state index contributed by atoms with van der Waals surface area (Å²) in [6.07, 6.45) is 2.39. The number of aromatic nitrogens is 3. The van der Waals surface area contributed by atoms with Crippen molar-refractivity contribution >= 4 is 11.6 Å². The van der Waals surface area contributed by atoms with Crippen LogP contribution in [-0.4, -0.2) is 14.8 Å². The Hall–Kier alpha value is -1.35. The molecule has 2 aromatic rings. The second kappa shape index (κ2) is 3.59. The van der Waals surface area contributed by atoms with Crippen LogP contribution in [0, 0.1) is 6.92 Å². The van der Waals surface area contributed by atoms with Gasteiger partial charge in [-0.05, 0) is 43.5 Å². The van der Waals surface area contributed by atoms with Gasteiger partial charge in [0.25, 0.3) is 0 Å². The molecule has 0 amide bonds. The van der Waals surface area contributed by atoms with Crippen LogP contribution in [0.4, 0.5) is 0 Å². The maximum Gasteiger partial charge on any atom is 0.229 e. The molecule has 3 nitrogen and oxygen atoms in total. The second-order valence-corrected chi connectivity index (χ2v) is 4.61. The van der Waals surface area contributed by atoms with Gasteiger partial charge in [0.15, 0.2) is 0 Å². The molecule has 0 atom stereocenters. The molecule has 82 valence electrons. The van der Waals surface area contributed by atoms with Crippen LogP contribution in [-0.2, 0) is 0 Å². The maximum atomic E-state index is 6.08. The number of hydrogen-bond donors (Lipinski definition) is 0. The lowest BCUT2D eigenvalue weighted by Crippen LogP contribution is -2.00. The first kappa shape index (κ1) is 9.85. The minimum absolute atomic E-state index is 0.450. The lowest BCUT2D eigenvalue weighted by Gasteiger charge is -2.07. The molecule has 0 radical (unpaired) electrons. The Morgan fingerprint density at radius 3 is 2.50 bits per heavy atom. The zero-order chi connectivity index (χ0) is 11.1. The van der Waals surface area contributed by atoms with Gasteiger partial charge in [0.1, 0.15) is 5.82 Å². The number of nitrogens with zero attached hydrogens (tertiary/aromatic N) is 3. The molecule has 1 aromatic carbocycles. The van der Waals surface area contributed by atoms with Gasteiger partial charge in [-0.2, -0.15) is 0 Å². The van der Waals surface area contributed by atoms with Crippen molar-refractivity contribution in [3.8, 4) is 5.69 Å². The lowest BCUT2D eigenvalue weighted by atomic mass is 10.2. The topological polar surface area (TPSA) is 30.7 Å². The SMILES string of the molecule is Cc1ccc(-n2c(Cl)nnc2C2CC2)cc1. The molecule has 0 bridgehead atoms. The molecular weight excluding hydrogens is 222 g/mol. The van der Waals surface area contributed by atoms with E-state index in [0.717, 1.165) is 11.5 Å². The van der Waals surface area contributed by atoms with Crippen molar-refractivity contribution in [2.45, 2.75) is 25.7 Å². The van der Waals surface area contributed by atoms with Crippen molar-refractivity contribution < 1.29 is 0 Å². The van der Waals surface area contributed by atoms with E-state index in [1.165, 1.54) is 18.4 Å². The summed E-state index contributed by atoms with van der Waals surface area (Å²) >= 11 is 6.08. The zero-order valence-electron chi connectivity index (χ0n) is 9.02. The lowest BCUT2D eigenvalue weighted by molar-refractivity contribution is 0.871. The summed E-state index contributed by atoms with van der Waals surface area (Å²) in [5.41, 5.74) is 2.28. The Morgan fingerprint density at radius 2 is 1.88 bits per heavy atom. The fourth-order valence-electron chi connectivity index (χ4n) is 1.81. The van der Waals surface area contributed by atoms with Gasteiger partial charge >= 0.3 is 0 Å². The standard InChI is InChI=1S/C12H12ClN3/c1-8-2-6-10(7-3-8)16-11(9-4-5-9)14-15-12(16)13/h2-3,6-7,9H,4-5H2,1H3. The molecule has 1 aromatic heterocycles. The van der Waals surface area contributed by atoms with Gasteiger partial charge in [0.05, 0.1) is 0 Å². The average Bonchev–Trinajstić information content (AvgIpc) is 3.05. The molecule has 0 N–H and O–H groups in total. The molecule has 0 aliphatic heterocycles. The summed E-state index contributed by atoms with van der Waals surface area (Å²) in [5, 5.41) is 8.56. The van der Waals surface area contributed by atoms with Crippen molar-refractivity contribution in [2.24, 2.45) is 0 Å². The third-order valence-corrected chi connectivity index (χ3v) is 3.13. The third-order valence-electron chi connectivity index (χ3n) is 2.88. The molecule has 1 saturated carbocycles. The molecule has 1 aliphatic rings. The Bertz CT molecular complexity index is 512. The molecule has 4 heteroatoms. The highest BCUT2D eigenvalue weighted by molar-refractivity contribution is 6.28. The first-order valence-electron chi connectivity index (χ1n) is 5.43. The summed E-state index contributed by atoms with van der Waals surface area (Å²) in [7, 11) is 0. The van der Waals surface area contributed by atoms with E-state index < -0.39 is 0 Å². The highest BCUT2D eigenvalue weighted by Gasteiger charge is 2.30. The van der Waals surface area contributed by atoms with E-state index in [1.54, 1.807) is 0 Å². The first-order chi connectivity index (χ1) is 7.75. The van der Waals surface area contributed by atoms with Crippen LogP contribution in [0.15, 0.2) is 24.3 Å². The minimum atomic E-state index is 0.450. The smallest absolute Gasteiger partial charge is 0.229 e. The highest BCUT2D eigenvalue weighted by Crippen LogP contribution is 2.40. The second-order valence-electron chi connectivity index (χ2n) is 4.27. The van der Waals surface area contributed by atoms with E-state index in [9.17, 15) is 0 Å². The zero-order valence-corrected chi connectivity index (χ0v) is 9.78. The van der Waals surface area contributed by atoms with Crippen molar-refractivity contribution in [2.75, 3.05) is 0 Å². The average molecular weight is 234 g/mol. The van der Waals surface area contributed by atoms with E-state index in [1.807, 2.05) is 4.57 Å². The summed E-state index contributed by atoms with van der Waals surface area (Å²) in [6.45, 7) is 2.07. The molecule has 1 fully saturated rings. The summed E-state index contributed by atoms with van der Waals surface area (Å²) in [5.74, 6) is 1.54. The molecule has 16 heavy (non-hydrogen) atoms. The van der Waals surface area contributed by atoms with Crippen LogP contribution >= 0.6 is 11.6 Å². The Kier molecular flexibility index (Phi) is 2.21.